The molecular weight excluding hydrogens is 374 g/mol. The van der Waals surface area contributed by atoms with Crippen LogP contribution < -0.4 is 5.73 Å². The van der Waals surface area contributed by atoms with Crippen molar-refractivity contribution in [3.05, 3.63) is 46.6 Å². The second kappa shape index (κ2) is 8.74. The molecule has 0 unspecified atom stereocenters. The van der Waals surface area contributed by atoms with Crippen molar-refractivity contribution in [3.63, 3.8) is 0 Å². The summed E-state index contributed by atoms with van der Waals surface area (Å²) in [6, 6.07) is 5.68. The van der Waals surface area contributed by atoms with Crippen LogP contribution in [0, 0.1) is 5.41 Å². The number of nitrogens with zero attached hydrogens (tertiary/aromatic N) is 2. The van der Waals surface area contributed by atoms with E-state index in [0.717, 1.165) is 34.4 Å². The van der Waals surface area contributed by atoms with Gasteiger partial charge in [0.1, 0.15) is 5.82 Å². The van der Waals surface area contributed by atoms with Gasteiger partial charge in [-0.05, 0) is 63.2 Å². The van der Waals surface area contributed by atoms with Crippen LogP contribution in [0.3, 0.4) is 0 Å². The number of benzene rings is 1. The number of thioether (sulfide) groups is 1. The number of hydrogen-bond acceptors (Lipinski definition) is 4. The zero-order chi connectivity index (χ0) is 19.4. The molecule has 0 amide bonds. The van der Waals surface area contributed by atoms with Gasteiger partial charge in [0.05, 0.1) is 16.4 Å². The van der Waals surface area contributed by atoms with Gasteiger partial charge in [-0.25, -0.2) is 4.99 Å². The van der Waals surface area contributed by atoms with Crippen LogP contribution in [0.4, 0.5) is 5.69 Å². The number of aliphatic imine (C=N–C) groups is 1. The van der Waals surface area contributed by atoms with Gasteiger partial charge in [0.2, 0.25) is 0 Å². The van der Waals surface area contributed by atoms with E-state index in [1.807, 2.05) is 25.1 Å². The van der Waals surface area contributed by atoms with Gasteiger partial charge < -0.3 is 10.6 Å². The van der Waals surface area contributed by atoms with Gasteiger partial charge in [0.25, 0.3) is 0 Å². The van der Waals surface area contributed by atoms with Crippen LogP contribution in [0.25, 0.3) is 0 Å². The van der Waals surface area contributed by atoms with E-state index in [2.05, 4.69) is 24.5 Å². The molecule has 5 heteroatoms. The molecule has 2 N–H and O–H groups in total. The van der Waals surface area contributed by atoms with Crippen LogP contribution in [-0.2, 0) is 0 Å². The topological polar surface area (TPSA) is 41.6 Å². The molecular formula is C22H30ClN3S. The Morgan fingerprint density at radius 1 is 1.26 bits per heavy atom. The molecule has 1 aliphatic heterocycles. The molecule has 3 rings (SSSR count). The molecule has 27 heavy (non-hydrogen) atoms. The molecule has 2 aliphatic rings. The predicted molar refractivity (Wildman–Crippen MR) is 119 cm³/mol. The average molecular weight is 404 g/mol. The molecule has 1 saturated carbocycles. The SMILES string of the molecule is C=C(Sc1cccc(N)c1Cl)/C(C)=N\C(=C/C)N1CCC2(CCCC2)CC1. The summed E-state index contributed by atoms with van der Waals surface area (Å²) in [5.41, 5.74) is 8.04. The summed E-state index contributed by atoms with van der Waals surface area (Å²) >= 11 is 7.83. The number of piperidine rings is 1. The molecule has 2 fully saturated rings. The summed E-state index contributed by atoms with van der Waals surface area (Å²) in [5, 5.41) is 0.584. The van der Waals surface area contributed by atoms with Crippen LogP contribution in [0.5, 0.6) is 0 Å². The highest BCUT2D eigenvalue weighted by atomic mass is 35.5. The highest BCUT2D eigenvalue weighted by Crippen LogP contribution is 2.46. The molecule has 1 aromatic rings. The number of hydrogen-bond donors (Lipinski definition) is 1. The molecule has 0 radical (unpaired) electrons. The first kappa shape index (κ1) is 20.3. The van der Waals surface area contributed by atoms with Gasteiger partial charge in [-0.1, -0.05) is 48.8 Å². The lowest BCUT2D eigenvalue weighted by Crippen LogP contribution is -2.38. The lowest BCUT2D eigenvalue weighted by atomic mass is 9.77. The minimum Gasteiger partial charge on any atom is -0.397 e. The monoisotopic (exact) mass is 403 g/mol. The fourth-order valence-electron chi connectivity index (χ4n) is 4.20. The van der Waals surface area contributed by atoms with Crippen molar-refractivity contribution in [1.29, 1.82) is 0 Å². The summed E-state index contributed by atoms with van der Waals surface area (Å²) in [6.07, 6.45) is 10.4. The molecule has 146 valence electrons. The lowest BCUT2D eigenvalue weighted by molar-refractivity contribution is 0.132. The van der Waals surface area contributed by atoms with Crippen LogP contribution in [-0.4, -0.2) is 23.7 Å². The standard InChI is InChI=1S/C22H30ClN3S/c1-4-20(26-14-12-22(13-15-26)10-5-6-11-22)25-16(2)17(3)27-19-9-7-8-18(24)21(19)23/h4,7-9H,3,5-6,10-15,24H2,1-2H3/b20-4+,25-16-. The Morgan fingerprint density at radius 2 is 1.93 bits per heavy atom. The predicted octanol–water partition coefficient (Wildman–Crippen LogP) is 6.51. The zero-order valence-electron chi connectivity index (χ0n) is 16.4. The third kappa shape index (κ3) is 4.72. The fraction of sp³-hybridized carbons (Fsp3) is 0.500. The van der Waals surface area contributed by atoms with E-state index in [4.69, 9.17) is 22.3 Å². The normalized spacial score (nSPS) is 20.3. The van der Waals surface area contributed by atoms with E-state index in [1.54, 1.807) is 0 Å². The number of rotatable bonds is 5. The van der Waals surface area contributed by atoms with Crippen LogP contribution in [0.1, 0.15) is 52.4 Å². The zero-order valence-corrected chi connectivity index (χ0v) is 18.0. The number of nitrogens with two attached hydrogens (primary N) is 1. The van der Waals surface area contributed by atoms with Gasteiger partial charge >= 0.3 is 0 Å². The largest absolute Gasteiger partial charge is 0.397 e. The first-order valence-corrected chi connectivity index (χ1v) is 11.0. The molecule has 1 aliphatic carbocycles. The molecule has 1 heterocycles. The van der Waals surface area contributed by atoms with E-state index >= 15 is 0 Å². The van der Waals surface area contributed by atoms with Crippen molar-refractivity contribution in [2.75, 3.05) is 18.8 Å². The summed E-state index contributed by atoms with van der Waals surface area (Å²) in [5.74, 6) is 1.06. The molecule has 0 bridgehead atoms. The van der Waals surface area contributed by atoms with Gasteiger partial charge in [-0.2, -0.15) is 0 Å². The van der Waals surface area contributed by atoms with Crippen LogP contribution >= 0.6 is 23.4 Å². The van der Waals surface area contributed by atoms with Crippen molar-refractivity contribution in [2.24, 2.45) is 10.4 Å². The quantitative estimate of drug-likeness (QED) is 0.346. The van der Waals surface area contributed by atoms with E-state index in [9.17, 15) is 0 Å². The Bertz CT molecular complexity index is 753. The van der Waals surface area contributed by atoms with Crippen molar-refractivity contribution in [3.8, 4) is 0 Å². The van der Waals surface area contributed by atoms with E-state index in [1.165, 1.54) is 50.3 Å². The number of allylic oxidation sites excluding steroid dienone is 2. The van der Waals surface area contributed by atoms with Gasteiger partial charge in [0, 0.05) is 22.9 Å². The summed E-state index contributed by atoms with van der Waals surface area (Å²) in [7, 11) is 0. The Labute approximate surface area is 172 Å². The minimum atomic E-state index is 0.584. The lowest BCUT2D eigenvalue weighted by Gasteiger charge is -2.40. The molecule has 1 aromatic carbocycles. The smallest absolute Gasteiger partial charge is 0.124 e. The Hall–Kier alpha value is -1.39. The van der Waals surface area contributed by atoms with Crippen molar-refractivity contribution in [1.82, 2.24) is 4.90 Å². The minimum absolute atomic E-state index is 0.584. The first-order valence-electron chi connectivity index (χ1n) is 9.82. The Balaban J connectivity index is 1.64. The third-order valence-electron chi connectivity index (χ3n) is 5.98. The molecule has 0 atom stereocenters. The number of halogens is 1. The highest BCUT2D eigenvalue weighted by Gasteiger charge is 2.37. The van der Waals surface area contributed by atoms with Crippen LogP contribution in [0.2, 0.25) is 5.02 Å². The molecule has 1 spiro atoms. The number of likely N-dealkylation sites (tertiary alicyclic amines) is 1. The van der Waals surface area contributed by atoms with Crippen molar-refractivity contribution >= 4 is 34.8 Å². The van der Waals surface area contributed by atoms with Crippen molar-refractivity contribution in [2.45, 2.75) is 57.3 Å². The van der Waals surface area contributed by atoms with Gasteiger partial charge in [0.15, 0.2) is 0 Å². The highest BCUT2D eigenvalue weighted by molar-refractivity contribution is 8.04. The molecule has 1 saturated heterocycles. The second-order valence-corrected chi connectivity index (χ2v) is 9.24. The first-order chi connectivity index (χ1) is 12.9. The summed E-state index contributed by atoms with van der Waals surface area (Å²) < 4.78 is 0. The third-order valence-corrected chi connectivity index (χ3v) is 7.62. The summed E-state index contributed by atoms with van der Waals surface area (Å²) in [4.78, 5) is 9.13. The van der Waals surface area contributed by atoms with E-state index in [0.29, 0.717) is 16.1 Å². The number of nitrogen functional groups attached to an aromatic ring is 1. The van der Waals surface area contributed by atoms with E-state index < -0.39 is 0 Å². The number of anilines is 1. The molecule has 0 aromatic heterocycles. The maximum absolute atomic E-state index is 6.31. The Morgan fingerprint density at radius 3 is 2.56 bits per heavy atom. The van der Waals surface area contributed by atoms with E-state index in [-0.39, 0.29) is 0 Å². The average Bonchev–Trinajstić information content (AvgIpc) is 3.12. The molecule has 3 nitrogen and oxygen atoms in total. The van der Waals surface area contributed by atoms with Crippen LogP contribution in [0.15, 0.2) is 51.5 Å². The Kier molecular flexibility index (Phi) is 6.59. The second-order valence-electron chi connectivity index (χ2n) is 7.72. The maximum atomic E-state index is 6.31. The van der Waals surface area contributed by atoms with Gasteiger partial charge in [-0.3, -0.25) is 0 Å². The summed E-state index contributed by atoms with van der Waals surface area (Å²) in [6.45, 7) is 10.5. The van der Waals surface area contributed by atoms with Gasteiger partial charge in [-0.15, -0.1) is 0 Å². The van der Waals surface area contributed by atoms with Crippen molar-refractivity contribution < 1.29 is 0 Å². The maximum Gasteiger partial charge on any atom is 0.124 e. The fourth-order valence-corrected chi connectivity index (χ4v) is 5.25.